The molecule has 0 aromatic carbocycles. The van der Waals surface area contributed by atoms with Crippen LogP contribution in [0.25, 0.3) is 0 Å². The topological polar surface area (TPSA) is 40.7 Å². The molecular weight excluding hydrogens is 162 g/mol. The molecule has 1 aromatic rings. The lowest BCUT2D eigenvalue weighted by Crippen LogP contribution is -2.14. The average Bonchev–Trinajstić information content (AvgIpc) is 2.78. The monoisotopic (exact) mass is 177 g/mol. The van der Waals surface area contributed by atoms with Crippen LogP contribution in [0, 0.1) is 0 Å². The zero-order chi connectivity index (χ0) is 8.84. The zero-order valence-electron chi connectivity index (χ0n) is 7.93. The summed E-state index contributed by atoms with van der Waals surface area (Å²) in [5.41, 5.74) is 4.22. The zero-order valence-corrected chi connectivity index (χ0v) is 7.93. The molecule has 2 aliphatic carbocycles. The van der Waals surface area contributed by atoms with Gasteiger partial charge in [-0.2, -0.15) is 5.10 Å². The second-order valence-electron chi connectivity index (χ2n) is 4.16. The normalized spacial score (nSPS) is 26.4. The van der Waals surface area contributed by atoms with E-state index in [1.54, 1.807) is 0 Å². The number of H-pyrrole nitrogens is 1. The lowest BCUT2D eigenvalue weighted by molar-refractivity contribution is 0.581. The molecule has 1 aromatic heterocycles. The minimum absolute atomic E-state index is 0.560. The van der Waals surface area contributed by atoms with Gasteiger partial charge in [0.05, 0.1) is 5.69 Å². The van der Waals surface area contributed by atoms with Crippen LogP contribution < -0.4 is 5.32 Å². The summed E-state index contributed by atoms with van der Waals surface area (Å²) in [5.74, 6) is 0.772. The molecule has 1 fully saturated rings. The van der Waals surface area contributed by atoms with Crippen molar-refractivity contribution in [1.29, 1.82) is 0 Å². The van der Waals surface area contributed by atoms with Crippen molar-refractivity contribution in [2.45, 2.75) is 37.6 Å². The van der Waals surface area contributed by atoms with Gasteiger partial charge in [-0.05, 0) is 32.7 Å². The molecule has 13 heavy (non-hydrogen) atoms. The predicted molar refractivity (Wildman–Crippen MR) is 50.7 cm³/mol. The number of hydrogen-bond donors (Lipinski definition) is 2. The average molecular weight is 177 g/mol. The first-order chi connectivity index (χ1) is 6.40. The van der Waals surface area contributed by atoms with Gasteiger partial charge >= 0.3 is 0 Å². The van der Waals surface area contributed by atoms with Crippen molar-refractivity contribution in [3.63, 3.8) is 0 Å². The third-order valence-electron chi connectivity index (χ3n) is 3.26. The third kappa shape index (κ3) is 1.03. The molecule has 0 radical (unpaired) electrons. The van der Waals surface area contributed by atoms with E-state index < -0.39 is 0 Å². The minimum Gasteiger partial charge on any atom is -0.313 e. The molecule has 1 atom stereocenters. The quantitative estimate of drug-likeness (QED) is 0.718. The highest BCUT2D eigenvalue weighted by Crippen LogP contribution is 2.45. The van der Waals surface area contributed by atoms with Crippen molar-refractivity contribution in [2.24, 2.45) is 0 Å². The van der Waals surface area contributed by atoms with Crippen LogP contribution in [0.4, 0.5) is 0 Å². The highest BCUT2D eigenvalue weighted by atomic mass is 15.1. The molecule has 0 aliphatic heterocycles. The van der Waals surface area contributed by atoms with E-state index in [2.05, 4.69) is 15.5 Å². The van der Waals surface area contributed by atoms with Gasteiger partial charge in [0.25, 0.3) is 0 Å². The van der Waals surface area contributed by atoms with Gasteiger partial charge in [-0.1, -0.05) is 0 Å². The maximum absolute atomic E-state index is 4.43. The second kappa shape index (κ2) is 2.58. The van der Waals surface area contributed by atoms with Gasteiger partial charge < -0.3 is 5.32 Å². The van der Waals surface area contributed by atoms with E-state index in [1.807, 2.05) is 7.05 Å². The van der Waals surface area contributed by atoms with Crippen LogP contribution in [-0.4, -0.2) is 17.2 Å². The number of hydrogen-bond acceptors (Lipinski definition) is 2. The molecule has 0 bridgehead atoms. The Hall–Kier alpha value is -0.830. The van der Waals surface area contributed by atoms with Crippen LogP contribution in [0.1, 0.15) is 48.2 Å². The predicted octanol–water partition coefficient (Wildman–Crippen LogP) is 1.49. The number of fused-ring (bicyclic) bond motifs is 1. The first kappa shape index (κ1) is 7.56. The SMILES string of the molecule is CNC1CCc2[nH]nc(C3CC3)c21. The molecule has 3 nitrogen and oxygen atoms in total. The molecular formula is C10H15N3. The third-order valence-corrected chi connectivity index (χ3v) is 3.26. The van der Waals surface area contributed by atoms with Gasteiger partial charge in [0.15, 0.2) is 0 Å². The minimum atomic E-state index is 0.560. The maximum Gasteiger partial charge on any atom is 0.0703 e. The Morgan fingerprint density at radius 3 is 2.92 bits per heavy atom. The fourth-order valence-electron chi connectivity index (χ4n) is 2.37. The summed E-state index contributed by atoms with van der Waals surface area (Å²) in [5, 5.41) is 11.0. The van der Waals surface area contributed by atoms with E-state index >= 15 is 0 Å². The number of aryl methyl sites for hydroxylation is 1. The molecule has 0 spiro atoms. The fraction of sp³-hybridized carbons (Fsp3) is 0.700. The summed E-state index contributed by atoms with van der Waals surface area (Å²) in [6.45, 7) is 0. The van der Waals surface area contributed by atoms with Crippen LogP contribution in [0.3, 0.4) is 0 Å². The van der Waals surface area contributed by atoms with Crippen LogP contribution >= 0.6 is 0 Å². The highest BCUT2D eigenvalue weighted by molar-refractivity contribution is 5.37. The number of aromatic nitrogens is 2. The summed E-state index contributed by atoms with van der Waals surface area (Å²) < 4.78 is 0. The Kier molecular flexibility index (Phi) is 1.50. The van der Waals surface area contributed by atoms with Crippen molar-refractivity contribution in [2.75, 3.05) is 7.05 Å². The highest BCUT2D eigenvalue weighted by Gasteiger charge is 2.35. The summed E-state index contributed by atoms with van der Waals surface area (Å²) in [6, 6.07) is 0.560. The summed E-state index contributed by atoms with van der Waals surface area (Å²) in [4.78, 5) is 0. The molecule has 1 unspecified atom stereocenters. The second-order valence-corrected chi connectivity index (χ2v) is 4.16. The standard InChI is InChI=1S/C10H15N3/c1-11-7-4-5-8-9(7)10(13-12-8)6-2-3-6/h6-7,11H,2-5H2,1H3,(H,12,13). The van der Waals surface area contributed by atoms with E-state index in [-0.39, 0.29) is 0 Å². The molecule has 1 saturated carbocycles. The molecule has 3 rings (SSSR count). The van der Waals surface area contributed by atoms with Crippen molar-refractivity contribution < 1.29 is 0 Å². The molecule has 1 heterocycles. The Morgan fingerprint density at radius 2 is 2.23 bits per heavy atom. The Bertz CT molecular complexity index is 325. The van der Waals surface area contributed by atoms with Crippen molar-refractivity contribution in [3.8, 4) is 0 Å². The van der Waals surface area contributed by atoms with E-state index in [0.717, 1.165) is 5.92 Å². The van der Waals surface area contributed by atoms with Gasteiger partial charge in [-0.15, -0.1) is 0 Å². The molecule has 70 valence electrons. The van der Waals surface area contributed by atoms with Crippen molar-refractivity contribution in [1.82, 2.24) is 15.5 Å². The first-order valence-corrected chi connectivity index (χ1v) is 5.14. The molecule has 2 aliphatic rings. The first-order valence-electron chi connectivity index (χ1n) is 5.14. The number of nitrogens with one attached hydrogen (secondary N) is 2. The van der Waals surface area contributed by atoms with Gasteiger partial charge in [-0.3, -0.25) is 5.10 Å². The van der Waals surface area contributed by atoms with Gasteiger partial charge in [-0.25, -0.2) is 0 Å². The van der Waals surface area contributed by atoms with E-state index in [0.29, 0.717) is 6.04 Å². The van der Waals surface area contributed by atoms with Crippen LogP contribution in [-0.2, 0) is 6.42 Å². The number of nitrogens with zero attached hydrogens (tertiary/aromatic N) is 1. The van der Waals surface area contributed by atoms with Crippen LogP contribution in [0.5, 0.6) is 0 Å². The number of aromatic amines is 1. The van der Waals surface area contributed by atoms with Gasteiger partial charge in [0.2, 0.25) is 0 Å². The lowest BCUT2D eigenvalue weighted by atomic mass is 10.1. The largest absolute Gasteiger partial charge is 0.313 e. The summed E-state index contributed by atoms with van der Waals surface area (Å²) in [7, 11) is 2.05. The number of rotatable bonds is 2. The fourth-order valence-corrected chi connectivity index (χ4v) is 2.37. The van der Waals surface area contributed by atoms with Crippen molar-refractivity contribution >= 4 is 0 Å². The Labute approximate surface area is 77.9 Å². The van der Waals surface area contributed by atoms with Crippen LogP contribution in [0.15, 0.2) is 0 Å². The van der Waals surface area contributed by atoms with E-state index in [4.69, 9.17) is 0 Å². The maximum atomic E-state index is 4.43. The smallest absolute Gasteiger partial charge is 0.0703 e. The molecule has 0 saturated heterocycles. The van der Waals surface area contributed by atoms with E-state index in [9.17, 15) is 0 Å². The van der Waals surface area contributed by atoms with Crippen molar-refractivity contribution in [3.05, 3.63) is 17.0 Å². The molecule has 0 amide bonds. The Balaban J connectivity index is 2.03. The Morgan fingerprint density at radius 1 is 1.38 bits per heavy atom. The molecule has 3 heteroatoms. The lowest BCUT2D eigenvalue weighted by Gasteiger charge is -2.09. The van der Waals surface area contributed by atoms with Gasteiger partial charge in [0, 0.05) is 23.2 Å². The summed E-state index contributed by atoms with van der Waals surface area (Å²) >= 11 is 0. The van der Waals surface area contributed by atoms with Gasteiger partial charge in [0.1, 0.15) is 0 Å². The van der Waals surface area contributed by atoms with Crippen LogP contribution in [0.2, 0.25) is 0 Å². The van der Waals surface area contributed by atoms with E-state index in [1.165, 1.54) is 42.6 Å². The summed E-state index contributed by atoms with van der Waals surface area (Å²) in [6.07, 6.45) is 5.09. The molecule has 2 N–H and O–H groups in total.